The lowest BCUT2D eigenvalue weighted by atomic mass is 10.0. The number of piperidine rings is 1. The molecule has 0 amide bonds. The minimum Gasteiger partial charge on any atom is -0.389 e. The van der Waals surface area contributed by atoms with Gasteiger partial charge in [0.25, 0.3) is 0 Å². The molecule has 104 valence electrons. The van der Waals surface area contributed by atoms with Crippen LogP contribution in [0.5, 0.6) is 0 Å². The van der Waals surface area contributed by atoms with Crippen molar-refractivity contribution in [1.82, 2.24) is 0 Å². The topological polar surface area (TPSA) is 29.3 Å². The smallest absolute Gasteiger partial charge is 0.107 e. The zero-order valence-electron chi connectivity index (χ0n) is 11.7. The van der Waals surface area contributed by atoms with Crippen LogP contribution in [0, 0.1) is 0 Å². The predicted molar refractivity (Wildman–Crippen MR) is 89.4 cm³/mol. The predicted octanol–water partition coefficient (Wildman–Crippen LogP) is 3.81. The highest BCUT2D eigenvalue weighted by Gasteiger charge is 2.23. The molecule has 1 unspecified atom stereocenters. The van der Waals surface area contributed by atoms with Gasteiger partial charge in [0, 0.05) is 28.7 Å². The Kier molecular flexibility index (Phi) is 5.11. The molecule has 1 atom stereocenters. The van der Waals surface area contributed by atoms with E-state index in [9.17, 15) is 0 Å². The monoisotopic (exact) mass is 294 g/mol. The maximum atomic E-state index is 5.99. The molecule has 1 aliphatic rings. The lowest BCUT2D eigenvalue weighted by Gasteiger charge is -2.37. The lowest BCUT2D eigenvalue weighted by Crippen LogP contribution is -2.38. The molecule has 1 aromatic rings. The van der Waals surface area contributed by atoms with E-state index < -0.39 is 0 Å². The molecule has 0 saturated carbocycles. The molecule has 2 rings (SSSR count). The Morgan fingerprint density at radius 3 is 2.89 bits per heavy atom. The van der Waals surface area contributed by atoms with Gasteiger partial charge >= 0.3 is 0 Å². The number of benzene rings is 1. The van der Waals surface area contributed by atoms with Gasteiger partial charge in [0.1, 0.15) is 4.99 Å². The standard InChI is InChI=1S/C15H22N2S2/c1-3-19-13-9-6-8-12(14(13)15(16)18)17-10-5-4-7-11(17)2/h6,8-9,11H,3-5,7,10H2,1-2H3,(H2,16,18). The molecular formula is C15H22N2S2. The van der Waals surface area contributed by atoms with Crippen LogP contribution in [0.1, 0.15) is 38.7 Å². The first-order valence-corrected chi connectivity index (χ1v) is 8.36. The van der Waals surface area contributed by atoms with E-state index >= 15 is 0 Å². The van der Waals surface area contributed by atoms with Crippen molar-refractivity contribution >= 4 is 34.7 Å². The molecule has 2 N–H and O–H groups in total. The number of nitrogens with zero attached hydrogens (tertiary/aromatic N) is 1. The van der Waals surface area contributed by atoms with Crippen molar-refractivity contribution in [3.8, 4) is 0 Å². The fourth-order valence-corrected chi connectivity index (χ4v) is 3.86. The van der Waals surface area contributed by atoms with Gasteiger partial charge in [-0.25, -0.2) is 0 Å². The summed E-state index contributed by atoms with van der Waals surface area (Å²) in [6.07, 6.45) is 3.83. The van der Waals surface area contributed by atoms with Gasteiger partial charge in [-0.3, -0.25) is 0 Å². The van der Waals surface area contributed by atoms with Gasteiger partial charge in [0.2, 0.25) is 0 Å². The summed E-state index contributed by atoms with van der Waals surface area (Å²) in [6.45, 7) is 5.56. The Morgan fingerprint density at radius 1 is 1.47 bits per heavy atom. The first-order chi connectivity index (χ1) is 9.15. The van der Waals surface area contributed by atoms with Crippen molar-refractivity contribution in [2.24, 2.45) is 5.73 Å². The van der Waals surface area contributed by atoms with Crippen LogP contribution in [-0.4, -0.2) is 23.3 Å². The Labute approximate surface area is 125 Å². The summed E-state index contributed by atoms with van der Waals surface area (Å²) in [5, 5.41) is 0. The second-order valence-electron chi connectivity index (χ2n) is 4.99. The Morgan fingerprint density at radius 2 is 2.26 bits per heavy atom. The molecule has 0 radical (unpaired) electrons. The first kappa shape index (κ1) is 14.7. The molecule has 4 heteroatoms. The highest BCUT2D eigenvalue weighted by molar-refractivity contribution is 7.99. The van der Waals surface area contributed by atoms with Gasteiger partial charge in [-0.05, 0) is 44.1 Å². The Hall–Kier alpha value is -0.740. The maximum Gasteiger partial charge on any atom is 0.107 e. The molecule has 19 heavy (non-hydrogen) atoms. The number of hydrogen-bond acceptors (Lipinski definition) is 3. The van der Waals surface area contributed by atoms with Crippen LogP contribution in [0.15, 0.2) is 23.1 Å². The third kappa shape index (κ3) is 3.23. The van der Waals surface area contributed by atoms with Gasteiger partial charge in [-0.1, -0.05) is 25.2 Å². The van der Waals surface area contributed by atoms with E-state index in [0.717, 1.165) is 17.9 Å². The minimum absolute atomic E-state index is 0.518. The molecule has 0 aliphatic carbocycles. The quantitative estimate of drug-likeness (QED) is 0.675. The van der Waals surface area contributed by atoms with Gasteiger partial charge in [-0.2, -0.15) is 0 Å². The van der Waals surface area contributed by atoms with Crippen LogP contribution in [0.3, 0.4) is 0 Å². The zero-order chi connectivity index (χ0) is 13.8. The fraction of sp³-hybridized carbons (Fsp3) is 0.533. The summed E-state index contributed by atoms with van der Waals surface area (Å²) in [6, 6.07) is 6.98. The first-order valence-electron chi connectivity index (χ1n) is 6.97. The van der Waals surface area contributed by atoms with Crippen LogP contribution >= 0.6 is 24.0 Å². The number of anilines is 1. The largest absolute Gasteiger partial charge is 0.389 e. The van der Waals surface area contributed by atoms with E-state index in [1.165, 1.54) is 29.8 Å². The number of thiocarbonyl (C=S) groups is 1. The highest BCUT2D eigenvalue weighted by atomic mass is 32.2. The molecule has 1 aliphatic heterocycles. The van der Waals surface area contributed by atoms with Crippen LogP contribution < -0.4 is 10.6 Å². The van der Waals surface area contributed by atoms with Crippen LogP contribution in [-0.2, 0) is 0 Å². The van der Waals surface area contributed by atoms with E-state index in [4.69, 9.17) is 18.0 Å². The van der Waals surface area contributed by atoms with E-state index in [1.54, 1.807) is 0 Å². The molecule has 1 fully saturated rings. The number of hydrogen-bond donors (Lipinski definition) is 1. The summed E-state index contributed by atoms with van der Waals surface area (Å²) in [7, 11) is 0. The number of nitrogens with two attached hydrogens (primary N) is 1. The second kappa shape index (κ2) is 6.62. The third-order valence-corrected chi connectivity index (χ3v) is 4.81. The molecule has 2 nitrogen and oxygen atoms in total. The summed E-state index contributed by atoms with van der Waals surface area (Å²) in [5.74, 6) is 1.04. The van der Waals surface area contributed by atoms with Gasteiger partial charge in [-0.15, -0.1) is 11.8 Å². The number of rotatable bonds is 4. The van der Waals surface area contributed by atoms with Crippen molar-refractivity contribution in [3.63, 3.8) is 0 Å². The fourth-order valence-electron chi connectivity index (χ4n) is 2.74. The van der Waals surface area contributed by atoms with Crippen LogP contribution in [0.2, 0.25) is 0 Å². The summed E-state index contributed by atoms with van der Waals surface area (Å²) < 4.78 is 0. The van der Waals surface area contributed by atoms with Crippen molar-refractivity contribution in [3.05, 3.63) is 23.8 Å². The SMILES string of the molecule is CCSc1cccc(N2CCCCC2C)c1C(N)=S. The van der Waals surface area contributed by atoms with Gasteiger partial charge in [0.15, 0.2) is 0 Å². The summed E-state index contributed by atoms with van der Waals surface area (Å²) >= 11 is 7.11. The second-order valence-corrected chi connectivity index (χ2v) is 6.73. The molecule has 0 spiro atoms. The van der Waals surface area contributed by atoms with E-state index in [0.29, 0.717) is 11.0 Å². The van der Waals surface area contributed by atoms with Crippen molar-refractivity contribution in [2.75, 3.05) is 17.2 Å². The van der Waals surface area contributed by atoms with E-state index in [2.05, 4.69) is 36.9 Å². The summed E-state index contributed by atoms with van der Waals surface area (Å²) in [5.41, 5.74) is 8.28. The van der Waals surface area contributed by atoms with E-state index in [-0.39, 0.29) is 0 Å². The van der Waals surface area contributed by atoms with Crippen LogP contribution in [0.4, 0.5) is 5.69 Å². The van der Waals surface area contributed by atoms with Crippen molar-refractivity contribution < 1.29 is 0 Å². The van der Waals surface area contributed by atoms with Crippen molar-refractivity contribution in [1.29, 1.82) is 0 Å². The average molecular weight is 294 g/mol. The van der Waals surface area contributed by atoms with Gasteiger partial charge < -0.3 is 10.6 Å². The molecule has 1 heterocycles. The third-order valence-electron chi connectivity index (χ3n) is 3.66. The Balaban J connectivity index is 2.43. The molecule has 1 aromatic carbocycles. The summed E-state index contributed by atoms with van der Waals surface area (Å²) in [4.78, 5) is 4.20. The molecular weight excluding hydrogens is 272 g/mol. The molecule has 0 bridgehead atoms. The normalized spacial score (nSPS) is 19.5. The van der Waals surface area contributed by atoms with Gasteiger partial charge in [0.05, 0.1) is 0 Å². The lowest BCUT2D eigenvalue weighted by molar-refractivity contribution is 0.484. The highest BCUT2D eigenvalue weighted by Crippen LogP contribution is 2.34. The number of thioether (sulfide) groups is 1. The zero-order valence-corrected chi connectivity index (χ0v) is 13.3. The molecule has 0 aromatic heterocycles. The van der Waals surface area contributed by atoms with Crippen molar-refractivity contribution in [2.45, 2.75) is 44.0 Å². The van der Waals surface area contributed by atoms with E-state index in [1.807, 2.05) is 11.8 Å². The maximum absolute atomic E-state index is 5.99. The molecule has 1 saturated heterocycles. The van der Waals surface area contributed by atoms with Crippen LogP contribution in [0.25, 0.3) is 0 Å². The average Bonchev–Trinajstić information content (AvgIpc) is 2.39. The minimum atomic E-state index is 0.518. The Bertz CT molecular complexity index is 459.